The molecule has 4 heteroatoms. The standard InChI is InChI=1S/C14H13BrClNO/c15-12-8-11(16)6-7-13(12)17-14(9-18)10-4-2-1-3-5-10/h1-8,14,17-18H,9H2/t14-/m1/s1. The summed E-state index contributed by atoms with van der Waals surface area (Å²) in [5, 5.41) is 13.4. The van der Waals surface area contributed by atoms with Gasteiger partial charge in [0.15, 0.2) is 0 Å². The first-order chi connectivity index (χ1) is 8.70. The minimum Gasteiger partial charge on any atom is -0.394 e. The number of hydrogen-bond donors (Lipinski definition) is 2. The van der Waals surface area contributed by atoms with Crippen molar-refractivity contribution in [2.45, 2.75) is 6.04 Å². The largest absolute Gasteiger partial charge is 0.394 e. The van der Waals surface area contributed by atoms with Gasteiger partial charge in [-0.2, -0.15) is 0 Å². The van der Waals surface area contributed by atoms with Crippen LogP contribution in [-0.4, -0.2) is 11.7 Å². The normalized spacial score (nSPS) is 12.2. The zero-order valence-electron chi connectivity index (χ0n) is 9.61. The zero-order chi connectivity index (χ0) is 13.0. The first-order valence-electron chi connectivity index (χ1n) is 5.58. The van der Waals surface area contributed by atoms with Gasteiger partial charge in [0.1, 0.15) is 0 Å². The maximum atomic E-state index is 9.48. The minimum absolute atomic E-state index is 0.0269. The average molecular weight is 327 g/mol. The predicted molar refractivity (Wildman–Crippen MR) is 79.0 cm³/mol. The Kier molecular flexibility index (Phi) is 4.64. The Morgan fingerprint density at radius 1 is 1.17 bits per heavy atom. The summed E-state index contributed by atoms with van der Waals surface area (Å²) in [6, 6.07) is 15.2. The molecule has 0 fully saturated rings. The van der Waals surface area contributed by atoms with Gasteiger partial charge in [-0.15, -0.1) is 0 Å². The monoisotopic (exact) mass is 325 g/mol. The minimum atomic E-state index is -0.135. The van der Waals surface area contributed by atoms with Crippen LogP contribution in [0.4, 0.5) is 5.69 Å². The van der Waals surface area contributed by atoms with Crippen LogP contribution in [-0.2, 0) is 0 Å². The van der Waals surface area contributed by atoms with E-state index in [-0.39, 0.29) is 12.6 Å². The van der Waals surface area contributed by atoms with Gasteiger partial charge in [-0.05, 0) is 39.7 Å². The molecule has 0 aliphatic rings. The summed E-state index contributed by atoms with van der Waals surface area (Å²) in [7, 11) is 0. The highest BCUT2D eigenvalue weighted by Crippen LogP contribution is 2.29. The van der Waals surface area contributed by atoms with Gasteiger partial charge in [-0.25, -0.2) is 0 Å². The van der Waals surface area contributed by atoms with Gasteiger partial charge in [0.2, 0.25) is 0 Å². The van der Waals surface area contributed by atoms with Crippen LogP contribution in [0.1, 0.15) is 11.6 Å². The Labute approximate surface area is 120 Å². The highest BCUT2D eigenvalue weighted by atomic mass is 79.9. The predicted octanol–water partition coefficient (Wildman–Crippen LogP) is 4.25. The highest BCUT2D eigenvalue weighted by Gasteiger charge is 2.11. The number of aliphatic hydroxyl groups is 1. The van der Waals surface area contributed by atoms with E-state index in [0.717, 1.165) is 15.7 Å². The Morgan fingerprint density at radius 3 is 2.50 bits per heavy atom. The van der Waals surface area contributed by atoms with Gasteiger partial charge >= 0.3 is 0 Å². The van der Waals surface area contributed by atoms with Crippen molar-refractivity contribution in [1.29, 1.82) is 0 Å². The molecule has 0 aliphatic heterocycles. The van der Waals surface area contributed by atoms with Crippen LogP contribution in [0.15, 0.2) is 53.0 Å². The Morgan fingerprint density at radius 2 is 1.89 bits per heavy atom. The SMILES string of the molecule is OC[C@@H](Nc1ccc(Cl)cc1Br)c1ccccc1. The smallest absolute Gasteiger partial charge is 0.0745 e. The van der Waals surface area contributed by atoms with Crippen molar-refractivity contribution in [1.82, 2.24) is 0 Å². The fourth-order valence-corrected chi connectivity index (χ4v) is 2.51. The van der Waals surface area contributed by atoms with Crippen LogP contribution >= 0.6 is 27.5 Å². The second-order valence-corrected chi connectivity index (χ2v) is 5.21. The van der Waals surface area contributed by atoms with Crippen LogP contribution in [0, 0.1) is 0 Å². The fourth-order valence-electron chi connectivity index (χ4n) is 1.71. The van der Waals surface area contributed by atoms with E-state index in [1.807, 2.05) is 48.5 Å². The maximum absolute atomic E-state index is 9.48. The molecule has 0 saturated carbocycles. The lowest BCUT2D eigenvalue weighted by atomic mass is 10.1. The molecule has 18 heavy (non-hydrogen) atoms. The summed E-state index contributed by atoms with van der Waals surface area (Å²) in [4.78, 5) is 0. The summed E-state index contributed by atoms with van der Waals surface area (Å²) in [6.07, 6.45) is 0. The van der Waals surface area contributed by atoms with Crippen molar-refractivity contribution in [2.24, 2.45) is 0 Å². The van der Waals surface area contributed by atoms with Crippen LogP contribution in [0.2, 0.25) is 5.02 Å². The van der Waals surface area contributed by atoms with E-state index in [4.69, 9.17) is 11.6 Å². The molecule has 2 aromatic rings. The summed E-state index contributed by atoms with van der Waals surface area (Å²) < 4.78 is 0.879. The summed E-state index contributed by atoms with van der Waals surface area (Å²) in [5.74, 6) is 0. The molecular formula is C14H13BrClNO. The molecule has 0 unspecified atom stereocenters. The Hall–Kier alpha value is -1.03. The van der Waals surface area contributed by atoms with Gasteiger partial charge in [0.25, 0.3) is 0 Å². The molecule has 0 amide bonds. The van der Waals surface area contributed by atoms with E-state index in [0.29, 0.717) is 5.02 Å². The molecule has 0 aliphatic carbocycles. The molecule has 2 rings (SSSR count). The lowest BCUT2D eigenvalue weighted by Crippen LogP contribution is -2.14. The van der Waals surface area contributed by atoms with Crippen molar-refractivity contribution in [2.75, 3.05) is 11.9 Å². The third kappa shape index (κ3) is 3.25. The molecule has 0 radical (unpaired) electrons. The summed E-state index contributed by atoms with van der Waals surface area (Å²) in [5.41, 5.74) is 1.95. The van der Waals surface area contributed by atoms with E-state index in [2.05, 4.69) is 21.2 Å². The second kappa shape index (κ2) is 6.23. The topological polar surface area (TPSA) is 32.3 Å². The Balaban J connectivity index is 2.21. The van der Waals surface area contributed by atoms with Crippen molar-refractivity contribution < 1.29 is 5.11 Å². The van der Waals surface area contributed by atoms with Crippen LogP contribution in [0.3, 0.4) is 0 Å². The first-order valence-corrected chi connectivity index (χ1v) is 6.75. The number of anilines is 1. The molecule has 94 valence electrons. The van der Waals surface area contributed by atoms with Crippen molar-refractivity contribution in [3.8, 4) is 0 Å². The quantitative estimate of drug-likeness (QED) is 0.880. The second-order valence-electron chi connectivity index (χ2n) is 3.91. The molecule has 2 aromatic carbocycles. The molecular weight excluding hydrogens is 314 g/mol. The first kappa shape index (κ1) is 13.4. The van der Waals surface area contributed by atoms with Gasteiger partial charge in [-0.3, -0.25) is 0 Å². The number of benzene rings is 2. The molecule has 2 nitrogen and oxygen atoms in total. The molecule has 0 aromatic heterocycles. The molecule has 0 saturated heterocycles. The molecule has 0 spiro atoms. The zero-order valence-corrected chi connectivity index (χ0v) is 11.9. The van der Waals surface area contributed by atoms with Gasteiger partial charge in [-0.1, -0.05) is 41.9 Å². The van der Waals surface area contributed by atoms with Crippen molar-refractivity contribution in [3.05, 3.63) is 63.6 Å². The number of halogens is 2. The summed E-state index contributed by atoms with van der Waals surface area (Å²) >= 11 is 9.35. The van der Waals surface area contributed by atoms with E-state index >= 15 is 0 Å². The summed E-state index contributed by atoms with van der Waals surface area (Å²) in [6.45, 7) is 0.0269. The van der Waals surface area contributed by atoms with E-state index in [9.17, 15) is 5.11 Å². The Bertz CT molecular complexity index is 518. The molecule has 0 heterocycles. The van der Waals surface area contributed by atoms with Crippen LogP contribution < -0.4 is 5.32 Å². The third-order valence-electron chi connectivity index (χ3n) is 2.65. The van der Waals surface area contributed by atoms with Crippen LogP contribution in [0.25, 0.3) is 0 Å². The lowest BCUT2D eigenvalue weighted by Gasteiger charge is -2.19. The van der Waals surface area contributed by atoms with E-state index in [1.54, 1.807) is 0 Å². The molecule has 2 N–H and O–H groups in total. The number of rotatable bonds is 4. The van der Waals surface area contributed by atoms with E-state index in [1.165, 1.54) is 0 Å². The van der Waals surface area contributed by atoms with Gasteiger partial charge in [0, 0.05) is 15.2 Å². The number of hydrogen-bond acceptors (Lipinski definition) is 2. The number of aliphatic hydroxyl groups excluding tert-OH is 1. The van der Waals surface area contributed by atoms with E-state index < -0.39 is 0 Å². The molecule has 1 atom stereocenters. The third-order valence-corrected chi connectivity index (χ3v) is 3.54. The highest BCUT2D eigenvalue weighted by molar-refractivity contribution is 9.10. The van der Waals surface area contributed by atoms with Crippen molar-refractivity contribution >= 4 is 33.2 Å². The van der Waals surface area contributed by atoms with Crippen LogP contribution in [0.5, 0.6) is 0 Å². The number of nitrogens with one attached hydrogen (secondary N) is 1. The van der Waals surface area contributed by atoms with Crippen molar-refractivity contribution in [3.63, 3.8) is 0 Å². The fraction of sp³-hybridized carbons (Fsp3) is 0.143. The van der Waals surface area contributed by atoms with Gasteiger partial charge < -0.3 is 10.4 Å². The van der Waals surface area contributed by atoms with Gasteiger partial charge in [0.05, 0.1) is 12.6 Å². The molecule has 0 bridgehead atoms. The maximum Gasteiger partial charge on any atom is 0.0745 e. The lowest BCUT2D eigenvalue weighted by molar-refractivity contribution is 0.276. The average Bonchev–Trinajstić information content (AvgIpc) is 2.39.